The first-order chi connectivity index (χ1) is 6.25. The van der Waals surface area contributed by atoms with Crippen molar-refractivity contribution in [2.45, 2.75) is 25.8 Å². The maximum atomic E-state index is 10.8. The third-order valence-electron chi connectivity index (χ3n) is 2.38. The van der Waals surface area contributed by atoms with E-state index in [2.05, 4.69) is 11.8 Å². The van der Waals surface area contributed by atoms with Crippen LogP contribution in [0, 0.1) is 0 Å². The number of carbonyl (C=O) groups is 1. The molecule has 0 radical (unpaired) electrons. The van der Waals surface area contributed by atoms with Gasteiger partial charge in [0.25, 0.3) is 0 Å². The van der Waals surface area contributed by atoms with Crippen molar-refractivity contribution >= 4 is 17.7 Å². The van der Waals surface area contributed by atoms with Gasteiger partial charge in [0.15, 0.2) is 0 Å². The molecule has 0 bridgehead atoms. The van der Waals surface area contributed by atoms with E-state index in [9.17, 15) is 4.79 Å². The predicted molar refractivity (Wildman–Crippen MR) is 55.2 cm³/mol. The number of aliphatic carboxylic acids is 1. The first-order valence-corrected chi connectivity index (χ1v) is 5.95. The van der Waals surface area contributed by atoms with E-state index < -0.39 is 5.97 Å². The van der Waals surface area contributed by atoms with E-state index in [1.54, 1.807) is 0 Å². The molecule has 76 valence electrons. The fourth-order valence-electron chi connectivity index (χ4n) is 1.70. The zero-order chi connectivity index (χ0) is 9.68. The second-order valence-electron chi connectivity index (χ2n) is 3.23. The molecular formula is C9H17NO2S. The topological polar surface area (TPSA) is 40.5 Å². The van der Waals surface area contributed by atoms with E-state index in [4.69, 9.17) is 5.11 Å². The van der Waals surface area contributed by atoms with Crippen LogP contribution in [0.15, 0.2) is 0 Å². The molecule has 0 aromatic heterocycles. The van der Waals surface area contributed by atoms with Crippen molar-refractivity contribution in [1.82, 2.24) is 4.90 Å². The second-order valence-corrected chi connectivity index (χ2v) is 4.62. The Hall–Kier alpha value is -0.220. The lowest BCUT2D eigenvalue weighted by Crippen LogP contribution is -2.37. The summed E-state index contributed by atoms with van der Waals surface area (Å²) in [6.45, 7) is 4.01. The van der Waals surface area contributed by atoms with Gasteiger partial charge in [0.2, 0.25) is 0 Å². The van der Waals surface area contributed by atoms with E-state index in [0.29, 0.717) is 0 Å². The Labute approximate surface area is 83.5 Å². The number of rotatable bonds is 5. The Morgan fingerprint density at radius 1 is 1.69 bits per heavy atom. The Bertz CT molecular complexity index is 175. The molecule has 1 heterocycles. The number of hydrogen-bond donors (Lipinski definition) is 1. The highest BCUT2D eigenvalue weighted by Gasteiger charge is 2.29. The summed E-state index contributed by atoms with van der Waals surface area (Å²) in [6, 6.07) is -0.211. The molecule has 0 aromatic carbocycles. The molecule has 1 N–H and O–H groups in total. The highest BCUT2D eigenvalue weighted by atomic mass is 32.2. The lowest BCUT2D eigenvalue weighted by molar-refractivity contribution is -0.142. The quantitative estimate of drug-likeness (QED) is 0.684. The molecule has 0 amide bonds. The van der Waals surface area contributed by atoms with Gasteiger partial charge in [-0.3, -0.25) is 9.69 Å². The number of carboxylic acid groups (broad SMARTS) is 1. The molecular weight excluding hydrogens is 186 g/mol. The summed E-state index contributed by atoms with van der Waals surface area (Å²) in [4.78, 5) is 12.9. The zero-order valence-corrected chi connectivity index (χ0v) is 8.85. The summed E-state index contributed by atoms with van der Waals surface area (Å²) in [5.74, 6) is 1.52. The minimum atomic E-state index is -0.654. The summed E-state index contributed by atoms with van der Waals surface area (Å²) < 4.78 is 0. The van der Waals surface area contributed by atoms with Crippen molar-refractivity contribution in [1.29, 1.82) is 0 Å². The van der Waals surface area contributed by atoms with Crippen molar-refractivity contribution < 1.29 is 9.90 Å². The lowest BCUT2D eigenvalue weighted by Gasteiger charge is -2.20. The average Bonchev–Trinajstić information content (AvgIpc) is 2.53. The highest BCUT2D eigenvalue weighted by molar-refractivity contribution is 7.99. The molecule has 0 unspecified atom stereocenters. The van der Waals surface area contributed by atoms with E-state index in [0.717, 1.165) is 37.4 Å². The molecule has 0 aromatic rings. The highest BCUT2D eigenvalue weighted by Crippen LogP contribution is 2.17. The largest absolute Gasteiger partial charge is 0.480 e. The van der Waals surface area contributed by atoms with Crippen LogP contribution >= 0.6 is 11.8 Å². The molecule has 0 aliphatic carbocycles. The van der Waals surface area contributed by atoms with Crippen molar-refractivity contribution in [2.24, 2.45) is 0 Å². The Morgan fingerprint density at radius 3 is 3.08 bits per heavy atom. The van der Waals surface area contributed by atoms with Crippen LogP contribution in [0.2, 0.25) is 0 Å². The summed E-state index contributed by atoms with van der Waals surface area (Å²) >= 11 is 1.87. The Morgan fingerprint density at radius 2 is 2.46 bits per heavy atom. The molecule has 1 rings (SSSR count). The molecule has 1 fully saturated rings. The number of hydrogen-bond acceptors (Lipinski definition) is 3. The smallest absolute Gasteiger partial charge is 0.320 e. The maximum Gasteiger partial charge on any atom is 0.320 e. The van der Waals surface area contributed by atoms with Crippen LogP contribution in [0.1, 0.15) is 19.8 Å². The van der Waals surface area contributed by atoms with Gasteiger partial charge in [0, 0.05) is 12.3 Å². The molecule has 1 saturated heterocycles. The van der Waals surface area contributed by atoms with E-state index >= 15 is 0 Å². The van der Waals surface area contributed by atoms with Crippen LogP contribution in [0.4, 0.5) is 0 Å². The van der Waals surface area contributed by atoms with Crippen molar-refractivity contribution in [2.75, 3.05) is 24.6 Å². The average molecular weight is 203 g/mol. The summed E-state index contributed by atoms with van der Waals surface area (Å²) in [7, 11) is 0. The summed E-state index contributed by atoms with van der Waals surface area (Å²) in [5, 5.41) is 8.89. The zero-order valence-electron chi connectivity index (χ0n) is 8.03. The molecule has 1 aliphatic rings. The fourth-order valence-corrected chi connectivity index (χ4v) is 2.35. The first kappa shape index (κ1) is 10.9. The van der Waals surface area contributed by atoms with Gasteiger partial charge < -0.3 is 5.11 Å². The Balaban J connectivity index is 2.27. The van der Waals surface area contributed by atoms with Gasteiger partial charge in [0.1, 0.15) is 6.04 Å². The minimum Gasteiger partial charge on any atom is -0.480 e. The van der Waals surface area contributed by atoms with Gasteiger partial charge in [-0.1, -0.05) is 6.92 Å². The maximum absolute atomic E-state index is 10.8. The summed E-state index contributed by atoms with van der Waals surface area (Å²) in [5.41, 5.74) is 0. The molecule has 0 spiro atoms. The van der Waals surface area contributed by atoms with Crippen LogP contribution in [-0.2, 0) is 4.79 Å². The van der Waals surface area contributed by atoms with Gasteiger partial charge in [-0.25, -0.2) is 0 Å². The molecule has 1 atom stereocenters. The van der Waals surface area contributed by atoms with E-state index in [-0.39, 0.29) is 6.04 Å². The van der Waals surface area contributed by atoms with Gasteiger partial charge in [-0.05, 0) is 25.1 Å². The van der Waals surface area contributed by atoms with Crippen LogP contribution in [0.25, 0.3) is 0 Å². The van der Waals surface area contributed by atoms with E-state index in [1.807, 2.05) is 11.8 Å². The van der Waals surface area contributed by atoms with Crippen LogP contribution in [0.3, 0.4) is 0 Å². The molecule has 3 nitrogen and oxygen atoms in total. The molecule has 1 aliphatic heterocycles. The van der Waals surface area contributed by atoms with Gasteiger partial charge >= 0.3 is 5.97 Å². The third kappa shape index (κ3) is 3.19. The Kier molecular flexibility index (Phi) is 4.59. The number of likely N-dealkylation sites (tertiary alicyclic amines) is 1. The standard InChI is InChI=1S/C9H17NO2S/c1-2-13-7-6-10-5-3-4-8(10)9(11)12/h8H,2-7H2,1H3,(H,11,12)/t8-/m0/s1. The normalized spacial score (nSPS) is 23.6. The van der Waals surface area contributed by atoms with Crippen LogP contribution < -0.4 is 0 Å². The fraction of sp³-hybridized carbons (Fsp3) is 0.889. The molecule has 0 saturated carbocycles. The van der Waals surface area contributed by atoms with Crippen LogP contribution in [-0.4, -0.2) is 46.6 Å². The van der Waals surface area contributed by atoms with Crippen molar-refractivity contribution in [3.63, 3.8) is 0 Å². The minimum absolute atomic E-state index is 0.211. The van der Waals surface area contributed by atoms with Crippen molar-refractivity contribution in [3.8, 4) is 0 Å². The van der Waals surface area contributed by atoms with Gasteiger partial charge in [-0.15, -0.1) is 0 Å². The summed E-state index contributed by atoms with van der Waals surface area (Å²) in [6.07, 6.45) is 1.86. The van der Waals surface area contributed by atoms with E-state index in [1.165, 1.54) is 0 Å². The van der Waals surface area contributed by atoms with Crippen LogP contribution in [0.5, 0.6) is 0 Å². The molecule has 4 heteroatoms. The number of carboxylic acids is 1. The van der Waals surface area contributed by atoms with Gasteiger partial charge in [-0.2, -0.15) is 11.8 Å². The SMILES string of the molecule is CCSCCN1CCC[C@H]1C(=O)O. The predicted octanol–water partition coefficient (Wildman–Crippen LogP) is 1.29. The third-order valence-corrected chi connectivity index (χ3v) is 3.26. The molecule has 13 heavy (non-hydrogen) atoms. The number of thioether (sulfide) groups is 1. The second kappa shape index (κ2) is 5.50. The lowest BCUT2D eigenvalue weighted by atomic mass is 10.2. The van der Waals surface area contributed by atoms with Gasteiger partial charge in [0.05, 0.1) is 0 Å². The number of nitrogens with zero attached hydrogens (tertiary/aromatic N) is 1. The monoisotopic (exact) mass is 203 g/mol. The van der Waals surface area contributed by atoms with Crippen molar-refractivity contribution in [3.05, 3.63) is 0 Å². The first-order valence-electron chi connectivity index (χ1n) is 4.80.